The van der Waals surface area contributed by atoms with Crippen LogP contribution in [0.2, 0.25) is 5.02 Å². The first-order valence-electron chi connectivity index (χ1n) is 9.43. The van der Waals surface area contributed by atoms with E-state index in [2.05, 4.69) is 58.5 Å². The molecule has 0 atom stereocenters. The molecule has 2 nitrogen and oxygen atoms in total. The topological polar surface area (TPSA) is 25.8 Å². The predicted molar refractivity (Wildman–Crippen MR) is 121 cm³/mol. The van der Waals surface area contributed by atoms with Crippen LogP contribution in [0.15, 0.2) is 104 Å². The highest BCUT2D eigenvalue weighted by molar-refractivity contribution is 6.30. The van der Waals surface area contributed by atoms with Gasteiger partial charge in [-0.1, -0.05) is 54.1 Å². The van der Waals surface area contributed by atoms with Crippen molar-refractivity contribution in [2.45, 2.75) is 0 Å². The van der Waals surface area contributed by atoms with E-state index in [4.69, 9.17) is 11.6 Å². The zero-order chi connectivity index (χ0) is 19.6. The number of pyridine rings is 2. The summed E-state index contributed by atoms with van der Waals surface area (Å²) in [5.74, 6) is 0. The van der Waals surface area contributed by atoms with Gasteiger partial charge in [-0.25, -0.2) is 0 Å². The average molecular weight is 393 g/mol. The van der Waals surface area contributed by atoms with Crippen LogP contribution in [0.4, 0.5) is 0 Å². The van der Waals surface area contributed by atoms with E-state index < -0.39 is 0 Å². The summed E-state index contributed by atoms with van der Waals surface area (Å²) in [6, 6.07) is 29.1. The molecule has 0 saturated heterocycles. The molecule has 0 N–H and O–H groups in total. The summed E-state index contributed by atoms with van der Waals surface area (Å²) in [6.07, 6.45) is 5.50. The van der Waals surface area contributed by atoms with Gasteiger partial charge in [-0.3, -0.25) is 9.97 Å². The van der Waals surface area contributed by atoms with Crippen LogP contribution in [0, 0.1) is 0 Å². The van der Waals surface area contributed by atoms with Crippen molar-refractivity contribution in [2.24, 2.45) is 0 Å². The summed E-state index contributed by atoms with van der Waals surface area (Å²) in [5, 5.41) is 3.17. The minimum absolute atomic E-state index is 0.753. The largest absolute Gasteiger partial charge is 0.265 e. The fraction of sp³-hybridized carbons (Fsp3) is 0. The van der Waals surface area contributed by atoms with Gasteiger partial charge in [-0.05, 0) is 69.9 Å². The standard InChI is InChI=1S/C26H17ClN2/c27-25-8-5-18(6-9-25)20-1-2-22-16-23(4-3-21(22)15-20)24-7-10-26(29-17-24)19-11-13-28-14-12-19/h1-17H. The quantitative estimate of drug-likeness (QED) is 0.322. The molecule has 0 aliphatic heterocycles. The predicted octanol–water partition coefficient (Wildman–Crippen LogP) is 7.28. The van der Waals surface area contributed by atoms with E-state index >= 15 is 0 Å². The normalized spacial score (nSPS) is 10.9. The van der Waals surface area contributed by atoms with Crippen LogP contribution in [-0.4, -0.2) is 9.97 Å². The number of rotatable bonds is 3. The Morgan fingerprint density at radius 3 is 1.72 bits per heavy atom. The first kappa shape index (κ1) is 17.6. The van der Waals surface area contributed by atoms with Gasteiger partial charge in [0.1, 0.15) is 0 Å². The molecule has 2 aromatic heterocycles. The molecule has 0 bridgehead atoms. The van der Waals surface area contributed by atoms with Crippen molar-refractivity contribution in [1.82, 2.24) is 9.97 Å². The number of fused-ring (bicyclic) bond motifs is 1. The van der Waals surface area contributed by atoms with Crippen LogP contribution < -0.4 is 0 Å². The van der Waals surface area contributed by atoms with Gasteiger partial charge < -0.3 is 0 Å². The van der Waals surface area contributed by atoms with Crippen molar-refractivity contribution in [1.29, 1.82) is 0 Å². The highest BCUT2D eigenvalue weighted by atomic mass is 35.5. The lowest BCUT2D eigenvalue weighted by Crippen LogP contribution is -1.86. The van der Waals surface area contributed by atoms with E-state index in [0.717, 1.165) is 33.0 Å². The molecule has 5 rings (SSSR count). The van der Waals surface area contributed by atoms with Gasteiger partial charge in [0.2, 0.25) is 0 Å². The Hall–Kier alpha value is -3.49. The second-order valence-corrected chi connectivity index (χ2v) is 7.39. The molecule has 2 heterocycles. The van der Waals surface area contributed by atoms with Gasteiger partial charge in [0.25, 0.3) is 0 Å². The second kappa shape index (κ2) is 7.50. The summed E-state index contributed by atoms with van der Waals surface area (Å²) >= 11 is 6.01. The Balaban J connectivity index is 1.47. The van der Waals surface area contributed by atoms with Crippen molar-refractivity contribution in [3.05, 3.63) is 109 Å². The molecule has 3 aromatic carbocycles. The summed E-state index contributed by atoms with van der Waals surface area (Å²) in [6.45, 7) is 0. The highest BCUT2D eigenvalue weighted by Crippen LogP contribution is 2.29. The summed E-state index contributed by atoms with van der Waals surface area (Å²) in [5.41, 5.74) is 6.63. The van der Waals surface area contributed by atoms with E-state index in [1.807, 2.05) is 42.6 Å². The van der Waals surface area contributed by atoms with Crippen molar-refractivity contribution in [3.63, 3.8) is 0 Å². The van der Waals surface area contributed by atoms with E-state index in [-0.39, 0.29) is 0 Å². The molecule has 0 saturated carbocycles. The summed E-state index contributed by atoms with van der Waals surface area (Å²) in [4.78, 5) is 8.69. The van der Waals surface area contributed by atoms with Gasteiger partial charge in [0.05, 0.1) is 5.69 Å². The van der Waals surface area contributed by atoms with Crippen LogP contribution in [0.1, 0.15) is 0 Å². The third-order valence-corrected chi connectivity index (χ3v) is 5.34. The number of hydrogen-bond donors (Lipinski definition) is 0. The molecule has 0 radical (unpaired) electrons. The number of hydrogen-bond acceptors (Lipinski definition) is 2. The van der Waals surface area contributed by atoms with Crippen LogP contribution in [0.5, 0.6) is 0 Å². The summed E-state index contributed by atoms with van der Waals surface area (Å²) in [7, 11) is 0. The third-order valence-electron chi connectivity index (χ3n) is 5.09. The monoisotopic (exact) mass is 392 g/mol. The number of aromatic nitrogens is 2. The van der Waals surface area contributed by atoms with Gasteiger partial charge in [-0.15, -0.1) is 0 Å². The molecular formula is C26H17ClN2. The zero-order valence-corrected chi connectivity index (χ0v) is 16.3. The molecule has 3 heteroatoms. The number of halogens is 1. The lowest BCUT2D eigenvalue weighted by molar-refractivity contribution is 1.29. The Kier molecular flexibility index (Phi) is 4.55. The van der Waals surface area contributed by atoms with Gasteiger partial charge in [0.15, 0.2) is 0 Å². The molecule has 5 aromatic rings. The maximum absolute atomic E-state index is 6.01. The number of benzene rings is 3. The molecular weight excluding hydrogens is 376 g/mol. The molecule has 0 aliphatic rings. The first-order chi connectivity index (χ1) is 14.3. The Morgan fingerprint density at radius 1 is 0.517 bits per heavy atom. The minimum Gasteiger partial charge on any atom is -0.265 e. The Morgan fingerprint density at radius 2 is 1.10 bits per heavy atom. The smallest absolute Gasteiger partial charge is 0.0703 e. The fourth-order valence-electron chi connectivity index (χ4n) is 3.51. The highest BCUT2D eigenvalue weighted by Gasteiger charge is 2.05. The number of nitrogens with zero attached hydrogens (tertiary/aromatic N) is 2. The first-order valence-corrected chi connectivity index (χ1v) is 9.81. The lowest BCUT2D eigenvalue weighted by Gasteiger charge is -2.08. The maximum atomic E-state index is 6.01. The maximum Gasteiger partial charge on any atom is 0.0703 e. The molecule has 138 valence electrons. The molecule has 0 fully saturated rings. The van der Waals surface area contributed by atoms with Crippen LogP contribution in [-0.2, 0) is 0 Å². The molecule has 0 unspecified atom stereocenters. The van der Waals surface area contributed by atoms with Gasteiger partial charge in [0, 0.05) is 34.7 Å². The van der Waals surface area contributed by atoms with Crippen molar-refractivity contribution in [2.75, 3.05) is 0 Å². The van der Waals surface area contributed by atoms with Crippen molar-refractivity contribution < 1.29 is 0 Å². The van der Waals surface area contributed by atoms with Gasteiger partial charge in [-0.2, -0.15) is 0 Å². The van der Waals surface area contributed by atoms with Crippen molar-refractivity contribution in [3.8, 4) is 33.5 Å². The SMILES string of the molecule is Clc1ccc(-c2ccc3cc(-c4ccc(-c5ccncc5)nc4)ccc3c2)cc1. The van der Waals surface area contributed by atoms with E-state index in [1.165, 1.54) is 16.3 Å². The average Bonchev–Trinajstić information content (AvgIpc) is 2.80. The fourth-order valence-corrected chi connectivity index (χ4v) is 3.63. The molecule has 0 spiro atoms. The van der Waals surface area contributed by atoms with Crippen molar-refractivity contribution >= 4 is 22.4 Å². The zero-order valence-electron chi connectivity index (χ0n) is 15.6. The summed E-state index contributed by atoms with van der Waals surface area (Å²) < 4.78 is 0. The van der Waals surface area contributed by atoms with Crippen LogP contribution >= 0.6 is 11.6 Å². The van der Waals surface area contributed by atoms with E-state index in [0.29, 0.717) is 0 Å². The Labute approximate surface area is 174 Å². The van der Waals surface area contributed by atoms with E-state index in [1.54, 1.807) is 12.4 Å². The second-order valence-electron chi connectivity index (χ2n) is 6.95. The molecule has 29 heavy (non-hydrogen) atoms. The Bertz CT molecular complexity index is 1280. The lowest BCUT2D eigenvalue weighted by atomic mass is 9.98. The van der Waals surface area contributed by atoms with E-state index in [9.17, 15) is 0 Å². The molecule has 0 amide bonds. The van der Waals surface area contributed by atoms with Crippen LogP contribution in [0.3, 0.4) is 0 Å². The molecule has 0 aliphatic carbocycles. The minimum atomic E-state index is 0.753. The van der Waals surface area contributed by atoms with Crippen LogP contribution in [0.25, 0.3) is 44.3 Å². The third kappa shape index (κ3) is 3.63. The van der Waals surface area contributed by atoms with Gasteiger partial charge >= 0.3 is 0 Å².